The Morgan fingerprint density at radius 2 is 1.80 bits per heavy atom. The van der Waals surface area contributed by atoms with Gasteiger partial charge in [-0.3, -0.25) is 0 Å². The first-order chi connectivity index (χ1) is 11.9. The van der Waals surface area contributed by atoms with Crippen LogP contribution in [0.2, 0.25) is 0 Å². The van der Waals surface area contributed by atoms with Crippen LogP contribution in [0.15, 0.2) is 48.8 Å². The molecule has 9 heteroatoms. The molecule has 3 rings (SSSR count). The lowest BCUT2D eigenvalue weighted by Crippen LogP contribution is -2.02. The summed E-state index contributed by atoms with van der Waals surface area (Å²) in [6.45, 7) is -3.18. The molecule has 0 saturated heterocycles. The maximum absolute atomic E-state index is 9.15. The van der Waals surface area contributed by atoms with E-state index in [0.717, 1.165) is 22.2 Å². The molecule has 0 aliphatic rings. The Kier molecular flexibility index (Phi) is 5.15. The number of nitrogens with one attached hydrogen (secondary N) is 1. The van der Waals surface area contributed by atoms with E-state index in [4.69, 9.17) is 19.0 Å². The van der Waals surface area contributed by atoms with E-state index in [2.05, 4.69) is 27.1 Å². The van der Waals surface area contributed by atoms with E-state index in [1.807, 2.05) is 18.2 Å². The van der Waals surface area contributed by atoms with E-state index >= 15 is 0 Å². The number of benzene rings is 2. The molecule has 3 aromatic rings. The van der Waals surface area contributed by atoms with Crippen LogP contribution in [-0.4, -0.2) is 26.9 Å². The average Bonchev–Trinajstić information content (AvgIpc) is 2.59. The summed E-state index contributed by atoms with van der Waals surface area (Å²) in [5.74, 6) is 1.77. The fraction of sp³-hybridized carbons (Fsp3) is 0.125. The highest BCUT2D eigenvalue weighted by atomic mass is 32.5. The van der Waals surface area contributed by atoms with Gasteiger partial charge in [0.25, 0.3) is 0 Å². The van der Waals surface area contributed by atoms with Gasteiger partial charge in [0, 0.05) is 29.8 Å². The third kappa shape index (κ3) is 4.64. The summed E-state index contributed by atoms with van der Waals surface area (Å²) in [6, 6.07) is 12.5. The van der Waals surface area contributed by atoms with Crippen molar-refractivity contribution in [3.63, 3.8) is 0 Å². The van der Waals surface area contributed by atoms with E-state index in [1.54, 1.807) is 31.4 Å². The minimum absolute atomic E-state index is 0.316. The Hall–Kier alpha value is -2.25. The molecule has 0 aliphatic carbocycles. The third-order valence-electron chi connectivity index (χ3n) is 3.45. The van der Waals surface area contributed by atoms with Crippen molar-refractivity contribution in [1.82, 2.24) is 9.97 Å². The first-order valence-electron chi connectivity index (χ1n) is 7.31. The maximum Gasteiger partial charge on any atom is 0.375 e. The lowest BCUT2D eigenvalue weighted by atomic mass is 10.2. The number of aromatic nitrogens is 2. The molecule has 25 heavy (non-hydrogen) atoms. The van der Waals surface area contributed by atoms with Crippen LogP contribution >= 0.6 is 6.72 Å². The van der Waals surface area contributed by atoms with Gasteiger partial charge in [-0.25, -0.2) is 9.97 Å². The highest BCUT2D eigenvalue weighted by Gasteiger charge is 2.10. The van der Waals surface area contributed by atoms with Crippen molar-refractivity contribution in [2.75, 3.05) is 12.4 Å². The standard InChI is InChI=1S/C16H16N3O4PS/c1-22-13-6-7-14-15(8-13)18-10-19-16(14)17-9-11-2-4-12(5-3-11)23-24(20,21)25/h2-8,10H,9H2,1H3,(H,17,18,19)(H2,20,21,25). The number of rotatable bonds is 6. The smallest absolute Gasteiger partial charge is 0.375 e. The van der Waals surface area contributed by atoms with Gasteiger partial charge in [-0.2, -0.15) is 0 Å². The summed E-state index contributed by atoms with van der Waals surface area (Å²) < 4.78 is 10.1. The summed E-state index contributed by atoms with van der Waals surface area (Å²) in [5.41, 5.74) is 1.76. The zero-order valence-corrected chi connectivity index (χ0v) is 15.0. The van der Waals surface area contributed by atoms with Gasteiger partial charge in [-0.15, -0.1) is 0 Å². The number of nitrogens with zero attached hydrogens (tertiary/aromatic N) is 2. The van der Waals surface area contributed by atoms with Gasteiger partial charge >= 0.3 is 6.72 Å². The van der Waals surface area contributed by atoms with Crippen LogP contribution in [0, 0.1) is 0 Å². The van der Waals surface area contributed by atoms with E-state index in [9.17, 15) is 0 Å². The molecule has 2 aromatic carbocycles. The van der Waals surface area contributed by atoms with Crippen molar-refractivity contribution in [3.8, 4) is 11.5 Å². The van der Waals surface area contributed by atoms with Gasteiger partial charge < -0.3 is 24.4 Å². The number of anilines is 1. The molecule has 0 fully saturated rings. The van der Waals surface area contributed by atoms with E-state index in [0.29, 0.717) is 18.1 Å². The minimum atomic E-state index is -3.71. The largest absolute Gasteiger partial charge is 0.497 e. The van der Waals surface area contributed by atoms with Crippen LogP contribution in [0.4, 0.5) is 5.82 Å². The Labute approximate surface area is 149 Å². The van der Waals surface area contributed by atoms with Crippen molar-refractivity contribution in [1.29, 1.82) is 0 Å². The van der Waals surface area contributed by atoms with Gasteiger partial charge in [0.05, 0.1) is 12.6 Å². The molecule has 0 radical (unpaired) electrons. The molecule has 130 valence electrons. The highest BCUT2D eigenvalue weighted by Crippen LogP contribution is 2.37. The molecule has 0 amide bonds. The van der Waals surface area contributed by atoms with E-state index in [-0.39, 0.29) is 0 Å². The second-order valence-electron chi connectivity index (χ2n) is 5.18. The predicted molar refractivity (Wildman–Crippen MR) is 99.2 cm³/mol. The molecular weight excluding hydrogens is 361 g/mol. The summed E-state index contributed by atoms with van der Waals surface area (Å²) >= 11 is 4.44. The van der Waals surface area contributed by atoms with Gasteiger partial charge in [0.2, 0.25) is 0 Å². The number of hydrogen-bond acceptors (Lipinski definition) is 6. The average molecular weight is 377 g/mol. The topological polar surface area (TPSA) is 96.7 Å². The molecule has 0 spiro atoms. The second kappa shape index (κ2) is 7.33. The maximum atomic E-state index is 9.15. The quantitative estimate of drug-likeness (QED) is 0.565. The van der Waals surface area contributed by atoms with Crippen LogP contribution in [-0.2, 0) is 18.4 Å². The molecule has 1 aromatic heterocycles. The van der Waals surface area contributed by atoms with Crippen molar-refractivity contribution in [2.45, 2.75) is 6.54 Å². The first kappa shape index (κ1) is 17.6. The fourth-order valence-electron chi connectivity index (χ4n) is 2.30. The van der Waals surface area contributed by atoms with E-state index < -0.39 is 6.72 Å². The van der Waals surface area contributed by atoms with Gasteiger partial charge in [-0.1, -0.05) is 12.1 Å². The molecule has 7 nitrogen and oxygen atoms in total. The lowest BCUT2D eigenvalue weighted by molar-refractivity contribution is 0.370. The van der Waals surface area contributed by atoms with Crippen molar-refractivity contribution in [2.24, 2.45) is 0 Å². The second-order valence-corrected chi connectivity index (χ2v) is 7.78. The monoisotopic (exact) mass is 377 g/mol. The molecule has 0 saturated carbocycles. The summed E-state index contributed by atoms with van der Waals surface area (Å²) in [7, 11) is 1.61. The zero-order chi connectivity index (χ0) is 17.9. The van der Waals surface area contributed by atoms with Crippen LogP contribution in [0.5, 0.6) is 11.5 Å². The van der Waals surface area contributed by atoms with Gasteiger partial charge in [-0.05, 0) is 29.8 Å². The number of fused-ring (bicyclic) bond motifs is 1. The number of ether oxygens (including phenoxy) is 1. The Morgan fingerprint density at radius 1 is 1.08 bits per heavy atom. The predicted octanol–water partition coefficient (Wildman–Crippen LogP) is 2.84. The molecular formula is C16H16N3O4PS. The lowest BCUT2D eigenvalue weighted by Gasteiger charge is -2.11. The summed E-state index contributed by atoms with van der Waals surface area (Å²) in [4.78, 5) is 26.8. The summed E-state index contributed by atoms with van der Waals surface area (Å²) in [6.07, 6.45) is 1.50. The normalized spacial score (nSPS) is 11.3. The number of methoxy groups -OCH3 is 1. The molecule has 1 heterocycles. The molecule has 3 N–H and O–H groups in total. The van der Waals surface area contributed by atoms with Crippen LogP contribution < -0.4 is 14.6 Å². The highest BCUT2D eigenvalue weighted by molar-refractivity contribution is 8.06. The molecule has 0 unspecified atom stereocenters. The number of hydrogen-bond donors (Lipinski definition) is 3. The van der Waals surface area contributed by atoms with Gasteiger partial charge in [0.15, 0.2) is 0 Å². The molecule has 0 atom stereocenters. The molecule has 0 aliphatic heterocycles. The first-order valence-corrected chi connectivity index (χ1v) is 9.94. The Bertz CT molecular complexity index is 930. The van der Waals surface area contributed by atoms with E-state index in [1.165, 1.54) is 6.33 Å². The Morgan fingerprint density at radius 3 is 2.48 bits per heavy atom. The zero-order valence-electron chi connectivity index (χ0n) is 13.3. The van der Waals surface area contributed by atoms with Crippen LogP contribution in [0.3, 0.4) is 0 Å². The van der Waals surface area contributed by atoms with Crippen molar-refractivity contribution >= 4 is 35.2 Å². The van der Waals surface area contributed by atoms with Crippen LogP contribution in [0.25, 0.3) is 10.9 Å². The SMILES string of the molecule is COc1ccc2c(NCc3ccc(OP(O)(O)=S)cc3)ncnc2c1. The third-order valence-corrected chi connectivity index (χ3v) is 4.12. The summed E-state index contributed by atoms with van der Waals surface area (Å²) in [5, 5.41) is 4.16. The van der Waals surface area contributed by atoms with Crippen molar-refractivity contribution in [3.05, 3.63) is 54.4 Å². The molecule has 0 bridgehead atoms. The minimum Gasteiger partial charge on any atom is -0.497 e. The van der Waals surface area contributed by atoms with Gasteiger partial charge in [0.1, 0.15) is 23.6 Å². The van der Waals surface area contributed by atoms with Crippen molar-refractivity contribution < 1.29 is 19.0 Å². The Balaban J connectivity index is 1.73. The van der Waals surface area contributed by atoms with Crippen LogP contribution in [0.1, 0.15) is 5.56 Å². The fourth-order valence-corrected chi connectivity index (χ4v) is 2.95.